The Bertz CT molecular complexity index is 1280. The molecule has 164 valence electrons. The van der Waals surface area contributed by atoms with E-state index < -0.39 is 0 Å². The molecule has 1 aliphatic heterocycles. The summed E-state index contributed by atoms with van der Waals surface area (Å²) >= 11 is 0. The van der Waals surface area contributed by atoms with Gasteiger partial charge in [0.05, 0.1) is 5.69 Å². The summed E-state index contributed by atoms with van der Waals surface area (Å²) in [6.45, 7) is 6.13. The summed E-state index contributed by atoms with van der Waals surface area (Å²) in [6, 6.07) is 12.2. The summed E-state index contributed by atoms with van der Waals surface area (Å²) < 4.78 is 3.92. The number of aryl methyl sites for hydroxylation is 3. The van der Waals surface area contributed by atoms with E-state index >= 15 is 0 Å². The number of hydrogen-bond acceptors (Lipinski definition) is 4. The molecule has 3 aromatic heterocycles. The van der Waals surface area contributed by atoms with Gasteiger partial charge in [0.2, 0.25) is 0 Å². The molecule has 0 atom stereocenters. The minimum atomic E-state index is 0.113. The van der Waals surface area contributed by atoms with Crippen LogP contribution in [-0.4, -0.2) is 48.2 Å². The largest absolute Gasteiger partial charge is 0.339 e. The number of benzene rings is 1. The number of amides is 1. The van der Waals surface area contributed by atoms with E-state index in [1.165, 1.54) is 0 Å². The van der Waals surface area contributed by atoms with Crippen molar-refractivity contribution in [3.63, 3.8) is 0 Å². The number of pyridine rings is 1. The maximum atomic E-state index is 13.4. The van der Waals surface area contributed by atoms with Crippen LogP contribution in [0.1, 0.15) is 51.9 Å². The van der Waals surface area contributed by atoms with Gasteiger partial charge >= 0.3 is 0 Å². The zero-order chi connectivity index (χ0) is 22.2. The number of hydrogen-bond donors (Lipinski definition) is 0. The highest BCUT2D eigenvalue weighted by Crippen LogP contribution is 2.29. The summed E-state index contributed by atoms with van der Waals surface area (Å²) in [7, 11) is 1.94. The normalized spacial score (nSPS) is 14.9. The van der Waals surface area contributed by atoms with Gasteiger partial charge in [-0.15, -0.1) is 0 Å². The van der Waals surface area contributed by atoms with E-state index in [1.54, 1.807) is 6.20 Å². The maximum Gasteiger partial charge on any atom is 0.254 e. The van der Waals surface area contributed by atoms with Crippen LogP contribution in [0.2, 0.25) is 0 Å². The van der Waals surface area contributed by atoms with Gasteiger partial charge in [-0.05, 0) is 50.5 Å². The number of rotatable bonds is 4. The predicted octanol–water partition coefficient (Wildman–Crippen LogP) is 3.85. The van der Waals surface area contributed by atoms with Crippen LogP contribution >= 0.6 is 0 Å². The topological polar surface area (TPSA) is 68.8 Å². The summed E-state index contributed by atoms with van der Waals surface area (Å²) in [5, 5.41) is 5.59. The lowest BCUT2D eigenvalue weighted by molar-refractivity contribution is 0.0711. The third-order valence-corrected chi connectivity index (χ3v) is 6.61. The molecule has 0 bridgehead atoms. The van der Waals surface area contributed by atoms with E-state index in [-0.39, 0.29) is 5.91 Å². The van der Waals surface area contributed by atoms with Crippen LogP contribution in [0.15, 0.2) is 48.8 Å². The van der Waals surface area contributed by atoms with Gasteiger partial charge in [0.25, 0.3) is 5.91 Å². The smallest absolute Gasteiger partial charge is 0.254 e. The molecule has 1 aromatic carbocycles. The fourth-order valence-corrected chi connectivity index (χ4v) is 4.72. The van der Waals surface area contributed by atoms with Crippen LogP contribution in [0.4, 0.5) is 0 Å². The standard InChI is InChI=1S/C25H28N6O/c1-17-21-8-9-23(27-24(21)29(3)28-17)19-10-13-30(14-11-19)25(32)22-7-5-4-6-20(22)16-31-15-12-26-18(31)2/h4-9,12,15,19H,10-11,13-14,16H2,1-3H3. The van der Waals surface area contributed by atoms with Crippen molar-refractivity contribution in [2.45, 2.75) is 39.2 Å². The Balaban J connectivity index is 1.30. The van der Waals surface area contributed by atoms with Crippen molar-refractivity contribution in [1.82, 2.24) is 29.2 Å². The van der Waals surface area contributed by atoms with Crippen LogP contribution in [0, 0.1) is 13.8 Å². The van der Waals surface area contributed by atoms with Crippen molar-refractivity contribution >= 4 is 16.9 Å². The molecule has 1 fully saturated rings. The van der Waals surface area contributed by atoms with E-state index in [1.807, 2.05) is 60.9 Å². The van der Waals surface area contributed by atoms with E-state index in [9.17, 15) is 4.79 Å². The van der Waals surface area contributed by atoms with Crippen LogP contribution in [-0.2, 0) is 13.6 Å². The molecule has 0 N–H and O–H groups in total. The highest BCUT2D eigenvalue weighted by atomic mass is 16.2. The number of fused-ring (bicyclic) bond motifs is 1. The van der Waals surface area contributed by atoms with E-state index in [2.05, 4.69) is 26.8 Å². The molecule has 1 aliphatic rings. The summed E-state index contributed by atoms with van der Waals surface area (Å²) in [6.07, 6.45) is 5.59. The summed E-state index contributed by atoms with van der Waals surface area (Å²) in [4.78, 5) is 24.6. The third-order valence-electron chi connectivity index (χ3n) is 6.61. The average Bonchev–Trinajstić information content (AvgIpc) is 3.35. The molecule has 0 spiro atoms. The molecule has 0 aliphatic carbocycles. The van der Waals surface area contributed by atoms with Gasteiger partial charge < -0.3 is 9.47 Å². The number of carbonyl (C=O) groups is 1. The first-order chi connectivity index (χ1) is 15.5. The minimum absolute atomic E-state index is 0.113. The Morgan fingerprint density at radius 3 is 2.62 bits per heavy atom. The number of nitrogens with zero attached hydrogens (tertiary/aromatic N) is 6. The van der Waals surface area contributed by atoms with Crippen LogP contribution in [0.3, 0.4) is 0 Å². The number of likely N-dealkylation sites (tertiary alicyclic amines) is 1. The fraction of sp³-hybridized carbons (Fsp3) is 0.360. The molecule has 7 heteroatoms. The molecule has 1 saturated heterocycles. The lowest BCUT2D eigenvalue weighted by Gasteiger charge is -2.32. The molecule has 4 heterocycles. The summed E-state index contributed by atoms with van der Waals surface area (Å²) in [5.74, 6) is 1.42. The van der Waals surface area contributed by atoms with Gasteiger partial charge in [0, 0.05) is 61.6 Å². The zero-order valence-corrected chi connectivity index (χ0v) is 18.8. The van der Waals surface area contributed by atoms with Gasteiger partial charge in [0.15, 0.2) is 5.65 Å². The SMILES string of the molecule is Cc1nn(C)c2nc(C3CCN(C(=O)c4ccccc4Cn4ccnc4C)CC3)ccc12. The zero-order valence-electron chi connectivity index (χ0n) is 18.8. The fourth-order valence-electron chi connectivity index (χ4n) is 4.72. The van der Waals surface area contributed by atoms with Crippen molar-refractivity contribution < 1.29 is 4.79 Å². The lowest BCUT2D eigenvalue weighted by atomic mass is 9.92. The van der Waals surface area contributed by atoms with Crippen molar-refractivity contribution in [2.75, 3.05) is 13.1 Å². The van der Waals surface area contributed by atoms with E-state index in [0.717, 1.165) is 65.3 Å². The Labute approximate surface area is 187 Å². The van der Waals surface area contributed by atoms with Gasteiger partial charge in [-0.2, -0.15) is 5.10 Å². The van der Waals surface area contributed by atoms with Crippen molar-refractivity contribution in [2.24, 2.45) is 7.05 Å². The average molecular weight is 429 g/mol. The molecule has 0 unspecified atom stereocenters. The molecule has 7 nitrogen and oxygen atoms in total. The van der Waals surface area contributed by atoms with E-state index in [4.69, 9.17) is 4.98 Å². The second-order valence-electron chi connectivity index (χ2n) is 8.64. The quantitative estimate of drug-likeness (QED) is 0.495. The predicted molar refractivity (Wildman–Crippen MR) is 124 cm³/mol. The first-order valence-corrected chi connectivity index (χ1v) is 11.2. The molecule has 5 rings (SSSR count). The lowest BCUT2D eigenvalue weighted by Crippen LogP contribution is -2.38. The van der Waals surface area contributed by atoms with Crippen molar-refractivity contribution in [3.8, 4) is 0 Å². The monoisotopic (exact) mass is 428 g/mol. The van der Waals surface area contributed by atoms with E-state index in [0.29, 0.717) is 12.5 Å². The Kier molecular flexibility index (Phi) is 5.25. The second-order valence-corrected chi connectivity index (χ2v) is 8.64. The maximum absolute atomic E-state index is 13.4. The first-order valence-electron chi connectivity index (χ1n) is 11.2. The minimum Gasteiger partial charge on any atom is -0.339 e. The first kappa shape index (κ1) is 20.4. The van der Waals surface area contributed by atoms with Crippen LogP contribution in [0.5, 0.6) is 0 Å². The van der Waals surface area contributed by atoms with Crippen LogP contribution in [0.25, 0.3) is 11.0 Å². The van der Waals surface area contributed by atoms with Crippen molar-refractivity contribution in [3.05, 3.63) is 77.1 Å². The number of piperidine rings is 1. The Morgan fingerprint density at radius 1 is 1.09 bits per heavy atom. The Hall–Kier alpha value is -3.48. The van der Waals surface area contributed by atoms with Crippen molar-refractivity contribution in [1.29, 1.82) is 0 Å². The summed E-state index contributed by atoms with van der Waals surface area (Å²) in [5.41, 5.74) is 4.85. The molecule has 1 amide bonds. The third kappa shape index (κ3) is 3.68. The molecule has 32 heavy (non-hydrogen) atoms. The molecular formula is C25H28N6O. The number of carbonyl (C=O) groups excluding carboxylic acids is 1. The Morgan fingerprint density at radius 2 is 1.88 bits per heavy atom. The highest BCUT2D eigenvalue weighted by molar-refractivity contribution is 5.95. The van der Waals surface area contributed by atoms with Crippen LogP contribution < -0.4 is 0 Å². The van der Waals surface area contributed by atoms with Gasteiger partial charge in [-0.1, -0.05) is 18.2 Å². The van der Waals surface area contributed by atoms with Gasteiger partial charge in [0.1, 0.15) is 5.82 Å². The number of imidazole rings is 1. The molecule has 0 saturated carbocycles. The number of aromatic nitrogens is 5. The molecular weight excluding hydrogens is 400 g/mol. The highest BCUT2D eigenvalue weighted by Gasteiger charge is 2.27. The van der Waals surface area contributed by atoms with Gasteiger partial charge in [-0.3, -0.25) is 9.48 Å². The van der Waals surface area contributed by atoms with Gasteiger partial charge in [-0.25, -0.2) is 9.97 Å². The molecule has 0 radical (unpaired) electrons. The second kappa shape index (κ2) is 8.22. The molecule has 4 aromatic rings.